The minimum atomic E-state index is -1.14. The second-order valence-electron chi connectivity index (χ2n) is 9.57. The molecule has 11 heteroatoms. The molecule has 36 heavy (non-hydrogen) atoms. The smallest absolute Gasteiger partial charge is 0.332 e. The number of ether oxygens (including phenoxy) is 2. The lowest BCUT2D eigenvalue weighted by atomic mass is 9.69. The first-order valence-corrected chi connectivity index (χ1v) is 12.4. The Hall–Kier alpha value is -3.34. The highest BCUT2D eigenvalue weighted by Gasteiger charge is 2.39. The van der Waals surface area contributed by atoms with Gasteiger partial charge in [0.2, 0.25) is 0 Å². The van der Waals surface area contributed by atoms with Crippen LogP contribution in [0.2, 0.25) is 0 Å². The van der Waals surface area contributed by atoms with E-state index in [0.29, 0.717) is 42.0 Å². The number of carbonyl (C=O) groups is 3. The van der Waals surface area contributed by atoms with Crippen molar-refractivity contribution in [2.45, 2.75) is 63.6 Å². The molecule has 1 amide bonds. The molecule has 1 aromatic rings. The normalized spacial score (nSPS) is 25.6. The molecule has 5 N–H and O–H groups in total. The van der Waals surface area contributed by atoms with Crippen molar-refractivity contribution < 1.29 is 23.9 Å². The number of piperidine rings is 1. The summed E-state index contributed by atoms with van der Waals surface area (Å²) in [5.41, 5.74) is 7.49. The van der Waals surface area contributed by atoms with Gasteiger partial charge in [0.25, 0.3) is 5.91 Å². The number of rotatable bonds is 9. The van der Waals surface area contributed by atoms with Crippen molar-refractivity contribution in [1.82, 2.24) is 10.6 Å². The minimum Gasteiger partial charge on any atom is -0.467 e. The number of nitrogens with zero attached hydrogens (tertiary/aromatic N) is 2. The molecule has 0 spiro atoms. The number of nitrogens with one attached hydrogen (secondary N) is 3. The molecule has 1 heterocycles. The van der Waals surface area contributed by atoms with Crippen molar-refractivity contribution in [2.75, 3.05) is 13.7 Å². The van der Waals surface area contributed by atoms with Gasteiger partial charge in [0, 0.05) is 12.0 Å². The quantitative estimate of drug-likeness (QED) is 0.101. The summed E-state index contributed by atoms with van der Waals surface area (Å²) < 4.78 is 10.5. The zero-order chi connectivity index (χ0) is 26.1. The highest BCUT2D eigenvalue weighted by Crippen LogP contribution is 2.40. The third-order valence-electron chi connectivity index (χ3n) is 7.30. The molecule has 0 radical (unpaired) electrons. The maximum absolute atomic E-state index is 13.0. The molecular weight excluding hydrogens is 464 g/mol. The molecule has 1 aromatic carbocycles. The summed E-state index contributed by atoms with van der Waals surface area (Å²) in [6, 6.07) is 6.87. The van der Waals surface area contributed by atoms with E-state index in [1.165, 1.54) is 7.11 Å². The number of hydrogen-bond donors (Lipinski definition) is 4. The summed E-state index contributed by atoms with van der Waals surface area (Å²) in [5, 5.41) is 12.8. The Morgan fingerprint density at radius 1 is 1.19 bits per heavy atom. The highest BCUT2D eigenvalue weighted by molar-refractivity contribution is 5.97. The van der Waals surface area contributed by atoms with Crippen LogP contribution in [0, 0.1) is 23.3 Å². The van der Waals surface area contributed by atoms with Crippen LogP contribution in [0.5, 0.6) is 0 Å². The lowest BCUT2D eigenvalue weighted by Crippen LogP contribution is -2.53. The SMILES string of the molecule is COC(=O)[C@@H](NC(=O)c1ccccc1)[C@@H](C)OC(=O)[C@@H]1C[C@H]2C[C@@H](CC/C(N=N)=N/N)CC[C@H]2CN1. The summed E-state index contributed by atoms with van der Waals surface area (Å²) >= 11 is 0. The van der Waals surface area contributed by atoms with Gasteiger partial charge in [-0.3, -0.25) is 9.59 Å². The number of hydrogen-bond acceptors (Lipinski definition) is 9. The van der Waals surface area contributed by atoms with Crippen molar-refractivity contribution in [3.63, 3.8) is 0 Å². The molecule has 2 fully saturated rings. The standard InChI is InChI=1S/C25H36N6O5/c1-15(22(25(34)35-2)29-23(32)17-6-4-3-5-7-17)36-24(33)20-13-19-12-16(8-10-18(19)14-28-20)9-11-21(30-26)31-27/h3-7,15-16,18-20,22,26,28H,8-14,27H2,1-2H3,(H,29,32)/b30-26?,31-21-/t15-,16-,18+,19-,20+,22+/m1/s1. The zero-order valence-corrected chi connectivity index (χ0v) is 20.8. The van der Waals surface area contributed by atoms with Gasteiger partial charge in [-0.25, -0.2) is 10.3 Å². The summed E-state index contributed by atoms with van der Waals surface area (Å²) in [5.74, 6) is 5.36. The van der Waals surface area contributed by atoms with Crippen LogP contribution in [-0.4, -0.2) is 55.5 Å². The number of carbonyl (C=O) groups excluding carboxylic acids is 3. The van der Waals surface area contributed by atoms with Crippen LogP contribution in [0.3, 0.4) is 0 Å². The Balaban J connectivity index is 1.56. The number of fused-ring (bicyclic) bond motifs is 1. The van der Waals surface area contributed by atoms with Gasteiger partial charge in [-0.1, -0.05) is 24.6 Å². The number of amidine groups is 1. The fourth-order valence-corrected chi connectivity index (χ4v) is 5.23. The van der Waals surface area contributed by atoms with Gasteiger partial charge in [-0.15, -0.1) is 5.11 Å². The number of benzene rings is 1. The topological polar surface area (TPSA) is 168 Å². The van der Waals surface area contributed by atoms with Crippen molar-refractivity contribution in [3.8, 4) is 0 Å². The molecule has 1 saturated carbocycles. The number of methoxy groups -OCH3 is 1. The maximum Gasteiger partial charge on any atom is 0.332 e. The van der Waals surface area contributed by atoms with Crippen LogP contribution in [0.1, 0.15) is 55.8 Å². The average molecular weight is 501 g/mol. The lowest BCUT2D eigenvalue weighted by Gasteiger charge is -2.42. The Kier molecular flexibility index (Phi) is 9.92. The number of hydrazone groups is 1. The number of amides is 1. The summed E-state index contributed by atoms with van der Waals surface area (Å²) in [4.78, 5) is 38.0. The van der Waals surface area contributed by atoms with Crippen LogP contribution >= 0.6 is 0 Å². The van der Waals surface area contributed by atoms with E-state index in [1.54, 1.807) is 37.3 Å². The van der Waals surface area contributed by atoms with Crippen LogP contribution in [0.15, 0.2) is 40.5 Å². The van der Waals surface area contributed by atoms with Crippen LogP contribution in [0.4, 0.5) is 0 Å². The van der Waals surface area contributed by atoms with Gasteiger partial charge in [0.15, 0.2) is 11.9 Å². The Bertz CT molecular complexity index is 956. The maximum atomic E-state index is 13.0. The fraction of sp³-hybridized carbons (Fsp3) is 0.600. The first-order valence-electron chi connectivity index (χ1n) is 12.4. The van der Waals surface area contributed by atoms with Crippen molar-refractivity contribution in [1.29, 1.82) is 5.53 Å². The lowest BCUT2D eigenvalue weighted by molar-refractivity contribution is -0.158. The van der Waals surface area contributed by atoms with E-state index >= 15 is 0 Å². The molecule has 1 aliphatic heterocycles. The first-order chi connectivity index (χ1) is 17.4. The first kappa shape index (κ1) is 27.3. The molecule has 0 aromatic heterocycles. The summed E-state index contributed by atoms with van der Waals surface area (Å²) in [7, 11) is 1.22. The summed E-state index contributed by atoms with van der Waals surface area (Å²) in [6.45, 7) is 2.30. The predicted octanol–water partition coefficient (Wildman–Crippen LogP) is 2.37. The van der Waals surface area contributed by atoms with E-state index in [4.69, 9.17) is 20.8 Å². The average Bonchev–Trinajstić information content (AvgIpc) is 2.91. The molecule has 0 unspecified atom stereocenters. The molecule has 1 aliphatic carbocycles. The van der Waals surface area contributed by atoms with E-state index in [2.05, 4.69) is 20.8 Å². The predicted molar refractivity (Wildman–Crippen MR) is 132 cm³/mol. The second-order valence-corrected chi connectivity index (χ2v) is 9.57. The van der Waals surface area contributed by atoms with Gasteiger partial charge in [0.1, 0.15) is 12.1 Å². The third-order valence-corrected chi connectivity index (χ3v) is 7.30. The van der Waals surface area contributed by atoms with Gasteiger partial charge >= 0.3 is 11.9 Å². The Labute approximate surface area is 211 Å². The van der Waals surface area contributed by atoms with Crippen LogP contribution in [0.25, 0.3) is 0 Å². The van der Waals surface area contributed by atoms with Gasteiger partial charge in [-0.05, 0) is 69.0 Å². The minimum absolute atomic E-state index is 0.345. The second kappa shape index (κ2) is 13.1. The monoisotopic (exact) mass is 500 g/mol. The molecule has 3 rings (SSSR count). The molecule has 1 saturated heterocycles. The molecule has 2 aliphatic rings. The molecule has 11 nitrogen and oxygen atoms in total. The van der Waals surface area contributed by atoms with E-state index < -0.39 is 36.0 Å². The zero-order valence-electron chi connectivity index (χ0n) is 20.8. The van der Waals surface area contributed by atoms with Gasteiger partial charge in [0.05, 0.1) is 7.11 Å². The summed E-state index contributed by atoms with van der Waals surface area (Å²) in [6.07, 6.45) is 4.32. The fourth-order valence-electron chi connectivity index (χ4n) is 5.23. The van der Waals surface area contributed by atoms with E-state index in [1.807, 2.05) is 0 Å². The van der Waals surface area contributed by atoms with E-state index in [0.717, 1.165) is 32.2 Å². The van der Waals surface area contributed by atoms with E-state index in [-0.39, 0.29) is 0 Å². The van der Waals surface area contributed by atoms with Crippen molar-refractivity contribution in [3.05, 3.63) is 35.9 Å². The van der Waals surface area contributed by atoms with Gasteiger partial charge < -0.3 is 25.9 Å². The number of nitrogens with two attached hydrogens (primary N) is 1. The molecule has 196 valence electrons. The number of esters is 2. The third kappa shape index (κ3) is 7.09. The largest absolute Gasteiger partial charge is 0.467 e. The Morgan fingerprint density at radius 3 is 2.61 bits per heavy atom. The van der Waals surface area contributed by atoms with Crippen LogP contribution < -0.4 is 16.5 Å². The highest BCUT2D eigenvalue weighted by atomic mass is 16.6. The van der Waals surface area contributed by atoms with Gasteiger partial charge in [-0.2, -0.15) is 5.10 Å². The molecule has 6 atom stereocenters. The van der Waals surface area contributed by atoms with E-state index in [9.17, 15) is 14.4 Å². The molecular formula is C25H36N6O5. The van der Waals surface area contributed by atoms with Crippen molar-refractivity contribution in [2.24, 2.45) is 33.8 Å². The van der Waals surface area contributed by atoms with Crippen molar-refractivity contribution >= 4 is 23.7 Å². The molecule has 0 bridgehead atoms. The Morgan fingerprint density at radius 2 is 1.94 bits per heavy atom. The van der Waals surface area contributed by atoms with Crippen LogP contribution in [-0.2, 0) is 19.1 Å².